The van der Waals surface area contributed by atoms with Crippen LogP contribution in [0.4, 0.5) is 0 Å². The van der Waals surface area contributed by atoms with Gasteiger partial charge in [0.25, 0.3) is 5.91 Å². The third kappa shape index (κ3) is 5.71. The highest BCUT2D eigenvalue weighted by Crippen LogP contribution is 2.34. The van der Waals surface area contributed by atoms with Gasteiger partial charge in [-0.15, -0.1) is 0 Å². The number of hydrogen-bond acceptors (Lipinski definition) is 7. The van der Waals surface area contributed by atoms with Gasteiger partial charge >= 0.3 is 0 Å². The maximum absolute atomic E-state index is 13.6. The molecule has 0 spiro atoms. The molecule has 2 aromatic carbocycles. The molecule has 1 heterocycles. The summed E-state index contributed by atoms with van der Waals surface area (Å²) in [6, 6.07) is 13.4. The molecule has 2 atom stereocenters. The first-order chi connectivity index (χ1) is 16.4. The van der Waals surface area contributed by atoms with Crippen LogP contribution in [0, 0.1) is 0 Å². The number of methoxy groups -OCH3 is 1. The maximum atomic E-state index is 13.6. The van der Waals surface area contributed by atoms with Crippen molar-refractivity contribution in [2.24, 2.45) is 0 Å². The summed E-state index contributed by atoms with van der Waals surface area (Å²) in [5, 5.41) is 12.9. The van der Waals surface area contributed by atoms with E-state index in [2.05, 4.69) is 5.32 Å². The van der Waals surface area contributed by atoms with Crippen molar-refractivity contribution in [3.8, 4) is 11.5 Å². The molecule has 3 N–H and O–H groups in total. The molecule has 0 aliphatic carbocycles. The number of rotatable bonds is 11. The fourth-order valence-corrected chi connectivity index (χ4v) is 6.35. The molecule has 0 aromatic heterocycles. The van der Waals surface area contributed by atoms with Crippen LogP contribution < -0.4 is 20.3 Å². The van der Waals surface area contributed by atoms with E-state index in [-0.39, 0.29) is 17.7 Å². The summed E-state index contributed by atoms with van der Waals surface area (Å²) in [7, 11) is -2.66. The number of hydroxylamine groups is 1. The molecular weight excluding hydrogens is 456 g/mol. The van der Waals surface area contributed by atoms with Crippen LogP contribution in [0.5, 0.6) is 11.5 Å². The van der Waals surface area contributed by atoms with E-state index in [1.54, 1.807) is 36.7 Å². The molecule has 1 saturated heterocycles. The van der Waals surface area contributed by atoms with Crippen molar-refractivity contribution in [1.29, 1.82) is 0 Å². The second-order valence-corrected chi connectivity index (χ2v) is 10.8. The van der Waals surface area contributed by atoms with E-state index in [9.17, 15) is 18.4 Å². The van der Waals surface area contributed by atoms with Crippen LogP contribution in [0.1, 0.15) is 44.6 Å². The molecule has 34 heavy (non-hydrogen) atoms. The molecule has 2 unspecified atom stereocenters. The molecular formula is C25H34N2O6S. The molecule has 2 aromatic rings. The summed E-state index contributed by atoms with van der Waals surface area (Å²) >= 11 is 0. The van der Waals surface area contributed by atoms with Crippen molar-refractivity contribution in [1.82, 2.24) is 10.8 Å². The van der Waals surface area contributed by atoms with Crippen LogP contribution in [0.15, 0.2) is 53.4 Å². The van der Waals surface area contributed by atoms with Gasteiger partial charge < -0.3 is 14.8 Å². The topological polar surface area (TPSA) is 114 Å². The van der Waals surface area contributed by atoms with Crippen molar-refractivity contribution >= 4 is 15.7 Å². The average Bonchev–Trinajstić information content (AvgIpc) is 2.88. The molecule has 3 rings (SSSR count). The Labute approximate surface area is 201 Å². The van der Waals surface area contributed by atoms with Crippen molar-refractivity contribution in [3.05, 3.63) is 54.1 Å². The fourth-order valence-electron chi connectivity index (χ4n) is 4.38. The molecule has 8 nitrogen and oxygen atoms in total. The van der Waals surface area contributed by atoms with Gasteiger partial charge in [-0.2, -0.15) is 0 Å². The largest absolute Gasteiger partial charge is 0.497 e. The Balaban J connectivity index is 1.76. The van der Waals surface area contributed by atoms with Crippen LogP contribution in [0.3, 0.4) is 0 Å². The summed E-state index contributed by atoms with van der Waals surface area (Å²) in [6.45, 7) is 3.27. The highest BCUT2D eigenvalue weighted by Gasteiger charge is 2.50. The Hall–Kier alpha value is -2.62. The molecule has 0 saturated carbocycles. The van der Waals surface area contributed by atoms with Gasteiger partial charge in [0.15, 0.2) is 14.6 Å². The van der Waals surface area contributed by atoms with Crippen LogP contribution in [0.25, 0.3) is 0 Å². The van der Waals surface area contributed by atoms with Crippen molar-refractivity contribution in [3.63, 3.8) is 0 Å². The first kappa shape index (κ1) is 26.0. The number of sulfone groups is 1. The Kier molecular flexibility index (Phi) is 8.93. The SMILES string of the molecule is CCC(Cc1ccc(OCCC2CCCCN2)cc1)(C(=O)NO)S(=O)(=O)c1ccc(OC)cc1. The number of piperidine rings is 1. The third-order valence-electron chi connectivity index (χ3n) is 6.53. The zero-order chi connectivity index (χ0) is 24.6. The first-order valence-corrected chi connectivity index (χ1v) is 13.1. The lowest BCUT2D eigenvalue weighted by Crippen LogP contribution is -2.53. The summed E-state index contributed by atoms with van der Waals surface area (Å²) in [4.78, 5) is 12.8. The maximum Gasteiger partial charge on any atom is 0.265 e. The number of hydrogen-bond donors (Lipinski definition) is 3. The lowest BCUT2D eigenvalue weighted by atomic mass is 9.95. The number of carbonyl (C=O) groups excluding carboxylic acids is 1. The normalized spacial score (nSPS) is 18.0. The molecule has 0 bridgehead atoms. The average molecular weight is 491 g/mol. The molecule has 1 aliphatic heterocycles. The predicted molar refractivity (Wildman–Crippen MR) is 129 cm³/mol. The van der Waals surface area contributed by atoms with E-state index in [4.69, 9.17) is 9.47 Å². The smallest absolute Gasteiger partial charge is 0.265 e. The first-order valence-electron chi connectivity index (χ1n) is 11.6. The van der Waals surface area contributed by atoms with Gasteiger partial charge in [-0.1, -0.05) is 25.5 Å². The fraction of sp³-hybridized carbons (Fsp3) is 0.480. The van der Waals surface area contributed by atoms with Gasteiger partial charge in [0.1, 0.15) is 11.5 Å². The van der Waals surface area contributed by atoms with Crippen molar-refractivity contribution in [2.45, 2.75) is 61.1 Å². The van der Waals surface area contributed by atoms with Crippen LogP contribution >= 0.6 is 0 Å². The van der Waals surface area contributed by atoms with Gasteiger partial charge in [0.05, 0.1) is 18.6 Å². The van der Waals surface area contributed by atoms with E-state index in [0.717, 1.165) is 19.4 Å². The van der Waals surface area contributed by atoms with E-state index in [1.807, 2.05) is 0 Å². The van der Waals surface area contributed by atoms with E-state index in [0.29, 0.717) is 29.7 Å². The van der Waals surface area contributed by atoms with E-state index >= 15 is 0 Å². The third-order valence-corrected chi connectivity index (χ3v) is 9.07. The van der Waals surface area contributed by atoms with Crippen molar-refractivity contribution < 1.29 is 27.9 Å². The number of benzene rings is 2. The summed E-state index contributed by atoms with van der Waals surface area (Å²) in [6.07, 6.45) is 4.43. The minimum absolute atomic E-state index is 0.0185. The van der Waals surface area contributed by atoms with Gasteiger partial charge in [0.2, 0.25) is 0 Å². The second-order valence-electron chi connectivity index (χ2n) is 8.57. The molecule has 1 fully saturated rings. The number of nitrogens with one attached hydrogen (secondary N) is 2. The summed E-state index contributed by atoms with van der Waals surface area (Å²) in [5.41, 5.74) is 2.21. The minimum atomic E-state index is -4.15. The summed E-state index contributed by atoms with van der Waals surface area (Å²) in [5.74, 6) is 0.222. The standard InChI is InChI=1S/C25H34N2O6S/c1-3-25(24(28)27-29,34(30,31)23-13-11-21(32-2)12-14-23)18-19-7-9-22(10-8-19)33-17-15-20-6-4-5-16-26-20/h7-14,20,26,29H,3-6,15-18H2,1-2H3,(H,27,28). The van der Waals surface area contributed by atoms with E-state index in [1.165, 1.54) is 44.2 Å². The van der Waals surface area contributed by atoms with Crippen LogP contribution in [-0.2, 0) is 21.1 Å². The molecule has 1 amide bonds. The van der Waals surface area contributed by atoms with Gasteiger partial charge in [-0.05, 0) is 74.2 Å². The Morgan fingerprint density at radius 3 is 2.35 bits per heavy atom. The monoisotopic (exact) mass is 490 g/mol. The van der Waals surface area contributed by atoms with Crippen LogP contribution in [-0.4, -0.2) is 50.6 Å². The minimum Gasteiger partial charge on any atom is -0.497 e. The molecule has 0 radical (unpaired) electrons. The highest BCUT2D eigenvalue weighted by atomic mass is 32.2. The quantitative estimate of drug-likeness (QED) is 0.327. The Morgan fingerprint density at radius 1 is 1.12 bits per heavy atom. The Morgan fingerprint density at radius 2 is 1.79 bits per heavy atom. The highest BCUT2D eigenvalue weighted by molar-refractivity contribution is 7.93. The molecule has 1 aliphatic rings. The zero-order valence-corrected chi connectivity index (χ0v) is 20.6. The molecule has 9 heteroatoms. The van der Waals surface area contributed by atoms with Gasteiger partial charge in [0, 0.05) is 12.5 Å². The Bertz CT molecular complexity index is 1030. The molecule has 186 valence electrons. The van der Waals surface area contributed by atoms with Crippen molar-refractivity contribution in [2.75, 3.05) is 20.3 Å². The van der Waals surface area contributed by atoms with Gasteiger partial charge in [-0.25, -0.2) is 13.9 Å². The van der Waals surface area contributed by atoms with Crippen LogP contribution in [0.2, 0.25) is 0 Å². The lowest BCUT2D eigenvalue weighted by molar-refractivity contribution is -0.132. The summed E-state index contributed by atoms with van der Waals surface area (Å²) < 4.78 is 36.3. The second kappa shape index (κ2) is 11.7. The van der Waals surface area contributed by atoms with Gasteiger partial charge in [-0.3, -0.25) is 10.0 Å². The predicted octanol–water partition coefficient (Wildman–Crippen LogP) is 3.28. The number of ether oxygens (including phenoxy) is 2. The zero-order valence-electron chi connectivity index (χ0n) is 19.7. The number of amides is 1. The number of carbonyl (C=O) groups is 1. The lowest BCUT2D eigenvalue weighted by Gasteiger charge is -2.30. The van der Waals surface area contributed by atoms with E-state index < -0.39 is 20.5 Å².